The Bertz CT molecular complexity index is 528. The zero-order valence-corrected chi connectivity index (χ0v) is 13.6. The van der Waals surface area contributed by atoms with Gasteiger partial charge in [0.2, 0.25) is 5.91 Å². The maximum atomic E-state index is 12.4. The number of hydrogen-bond donors (Lipinski definition) is 0. The molecule has 1 amide bonds. The average Bonchev–Trinajstić information content (AvgIpc) is 3.15. The van der Waals surface area contributed by atoms with Crippen LogP contribution >= 0.6 is 11.6 Å². The molecule has 4 nitrogen and oxygen atoms in total. The van der Waals surface area contributed by atoms with Crippen LogP contribution in [-0.4, -0.2) is 27.6 Å². The molecular formula is C16H24ClN3O. The number of amides is 1. The number of fused-ring (bicyclic) bond motifs is 2. The lowest BCUT2D eigenvalue weighted by atomic mass is 9.86. The number of aromatic nitrogens is 2. The van der Waals surface area contributed by atoms with E-state index in [1.807, 2.05) is 24.9 Å². The monoisotopic (exact) mass is 309 g/mol. The van der Waals surface area contributed by atoms with Crippen molar-refractivity contribution in [1.82, 2.24) is 14.7 Å². The Hall–Kier alpha value is -1.03. The molecule has 2 fully saturated rings. The number of carbonyl (C=O) groups excluding carboxylic acids is 1. The normalized spacial score (nSPS) is 27.3. The van der Waals surface area contributed by atoms with Gasteiger partial charge in [0.1, 0.15) is 5.69 Å². The highest BCUT2D eigenvalue weighted by atomic mass is 35.5. The second-order valence-electron chi connectivity index (χ2n) is 6.67. The first kappa shape index (κ1) is 14.9. The molecule has 3 rings (SSSR count). The summed E-state index contributed by atoms with van der Waals surface area (Å²) in [4.78, 5) is 14.2. The van der Waals surface area contributed by atoms with Gasteiger partial charge < -0.3 is 4.90 Å². The van der Waals surface area contributed by atoms with Crippen LogP contribution in [0.15, 0.2) is 6.20 Å². The van der Waals surface area contributed by atoms with Gasteiger partial charge >= 0.3 is 0 Å². The molecule has 2 bridgehead atoms. The van der Waals surface area contributed by atoms with Gasteiger partial charge in [-0.1, -0.05) is 18.0 Å². The third-order valence-corrected chi connectivity index (χ3v) is 5.56. The fourth-order valence-electron chi connectivity index (χ4n) is 4.03. The van der Waals surface area contributed by atoms with E-state index >= 15 is 0 Å². The minimum Gasteiger partial charge on any atom is -0.340 e. The van der Waals surface area contributed by atoms with Gasteiger partial charge in [-0.2, -0.15) is 5.10 Å². The van der Waals surface area contributed by atoms with Crippen molar-refractivity contribution in [1.29, 1.82) is 0 Å². The number of halogens is 1. The topological polar surface area (TPSA) is 38.1 Å². The fraction of sp³-hybridized carbons (Fsp3) is 0.750. The Balaban J connectivity index is 1.56. The molecule has 0 saturated heterocycles. The van der Waals surface area contributed by atoms with Crippen molar-refractivity contribution in [2.45, 2.75) is 52.1 Å². The summed E-state index contributed by atoms with van der Waals surface area (Å²) in [6, 6.07) is 0. The van der Waals surface area contributed by atoms with Crippen LogP contribution in [0.25, 0.3) is 0 Å². The van der Waals surface area contributed by atoms with Crippen LogP contribution in [0.4, 0.5) is 0 Å². The highest BCUT2D eigenvalue weighted by Crippen LogP contribution is 2.49. The summed E-state index contributed by atoms with van der Waals surface area (Å²) in [5.74, 6) is 2.54. The zero-order chi connectivity index (χ0) is 15.0. The highest BCUT2D eigenvalue weighted by Gasteiger charge is 2.40. The predicted molar refractivity (Wildman–Crippen MR) is 82.9 cm³/mol. The smallest absolute Gasteiger partial charge is 0.222 e. The summed E-state index contributed by atoms with van der Waals surface area (Å²) < 4.78 is 1.81. The van der Waals surface area contributed by atoms with E-state index in [-0.39, 0.29) is 5.91 Å². The predicted octanol–water partition coefficient (Wildman–Crippen LogP) is 3.34. The van der Waals surface area contributed by atoms with Gasteiger partial charge in [-0.15, -0.1) is 0 Å². The van der Waals surface area contributed by atoms with Crippen molar-refractivity contribution < 1.29 is 4.79 Å². The molecule has 3 atom stereocenters. The number of aryl methyl sites for hydroxylation is 1. The van der Waals surface area contributed by atoms with Crippen LogP contribution < -0.4 is 0 Å². The molecule has 5 heteroatoms. The number of rotatable bonds is 5. The first-order chi connectivity index (χ1) is 10.1. The van der Waals surface area contributed by atoms with Crippen LogP contribution in [-0.2, 0) is 17.9 Å². The Labute approximate surface area is 131 Å². The van der Waals surface area contributed by atoms with Crippen molar-refractivity contribution in [2.75, 3.05) is 7.05 Å². The summed E-state index contributed by atoms with van der Waals surface area (Å²) in [5.41, 5.74) is 0.794. The molecule has 2 aliphatic rings. The summed E-state index contributed by atoms with van der Waals surface area (Å²) in [6.07, 6.45) is 7.85. The van der Waals surface area contributed by atoms with Crippen molar-refractivity contribution in [2.24, 2.45) is 17.8 Å². The summed E-state index contributed by atoms with van der Waals surface area (Å²) in [5, 5.41) is 5.06. The molecule has 0 spiro atoms. The molecule has 3 unspecified atom stereocenters. The summed E-state index contributed by atoms with van der Waals surface area (Å²) >= 11 is 6.17. The highest BCUT2D eigenvalue weighted by molar-refractivity contribution is 6.31. The second-order valence-corrected chi connectivity index (χ2v) is 7.08. The molecule has 0 radical (unpaired) electrons. The molecule has 1 aromatic heterocycles. The molecule has 0 aliphatic heterocycles. The lowest BCUT2D eigenvalue weighted by Crippen LogP contribution is -2.29. The lowest BCUT2D eigenvalue weighted by Gasteiger charge is -2.24. The third kappa shape index (κ3) is 3.10. The van der Waals surface area contributed by atoms with E-state index in [2.05, 4.69) is 5.10 Å². The number of nitrogens with zero attached hydrogens (tertiary/aromatic N) is 3. The van der Waals surface area contributed by atoms with Gasteiger partial charge in [0, 0.05) is 26.2 Å². The van der Waals surface area contributed by atoms with E-state index in [1.54, 1.807) is 4.90 Å². The van der Waals surface area contributed by atoms with Gasteiger partial charge in [-0.05, 0) is 43.9 Å². The number of hydrogen-bond acceptors (Lipinski definition) is 2. The fourth-order valence-corrected chi connectivity index (χ4v) is 4.24. The maximum Gasteiger partial charge on any atom is 0.222 e. The van der Waals surface area contributed by atoms with Gasteiger partial charge in [-0.3, -0.25) is 9.48 Å². The Morgan fingerprint density at radius 1 is 1.48 bits per heavy atom. The van der Waals surface area contributed by atoms with Gasteiger partial charge in [0.15, 0.2) is 0 Å². The van der Waals surface area contributed by atoms with Crippen LogP contribution in [0.1, 0.15) is 44.7 Å². The first-order valence-electron chi connectivity index (χ1n) is 8.02. The van der Waals surface area contributed by atoms with Crippen LogP contribution in [0.2, 0.25) is 5.02 Å². The van der Waals surface area contributed by atoms with E-state index < -0.39 is 0 Å². The molecule has 1 aromatic rings. The minimum atomic E-state index is 0.231. The quantitative estimate of drug-likeness (QED) is 0.836. The van der Waals surface area contributed by atoms with Crippen molar-refractivity contribution >= 4 is 17.5 Å². The molecule has 21 heavy (non-hydrogen) atoms. The SMILES string of the molecule is CCn1cc(Cl)c(CN(C)C(=O)CC2CC3CCC2C3)n1. The molecule has 2 saturated carbocycles. The van der Waals surface area contributed by atoms with E-state index in [9.17, 15) is 4.79 Å². The molecular weight excluding hydrogens is 286 g/mol. The zero-order valence-electron chi connectivity index (χ0n) is 12.9. The molecule has 2 aliphatic carbocycles. The maximum absolute atomic E-state index is 12.4. The van der Waals surface area contributed by atoms with Crippen molar-refractivity contribution in [3.63, 3.8) is 0 Å². The van der Waals surface area contributed by atoms with E-state index in [0.29, 0.717) is 23.9 Å². The van der Waals surface area contributed by atoms with Crippen LogP contribution in [0.3, 0.4) is 0 Å². The molecule has 0 N–H and O–H groups in total. The van der Waals surface area contributed by atoms with Gasteiger partial charge in [0.05, 0.1) is 11.6 Å². The summed E-state index contributed by atoms with van der Waals surface area (Å²) in [7, 11) is 1.86. The Morgan fingerprint density at radius 3 is 2.86 bits per heavy atom. The molecule has 1 heterocycles. The largest absolute Gasteiger partial charge is 0.340 e. The average molecular weight is 310 g/mol. The van der Waals surface area contributed by atoms with Gasteiger partial charge in [0.25, 0.3) is 0 Å². The minimum absolute atomic E-state index is 0.231. The second kappa shape index (κ2) is 5.99. The first-order valence-corrected chi connectivity index (χ1v) is 8.40. The summed E-state index contributed by atoms with van der Waals surface area (Å²) in [6.45, 7) is 3.32. The number of carbonyl (C=O) groups is 1. The lowest BCUT2D eigenvalue weighted by molar-refractivity contribution is -0.131. The van der Waals surface area contributed by atoms with Crippen LogP contribution in [0.5, 0.6) is 0 Å². The third-order valence-electron chi connectivity index (χ3n) is 5.25. The van der Waals surface area contributed by atoms with Crippen molar-refractivity contribution in [3.05, 3.63) is 16.9 Å². The van der Waals surface area contributed by atoms with Gasteiger partial charge in [-0.25, -0.2) is 0 Å². The molecule has 0 aromatic carbocycles. The van der Waals surface area contributed by atoms with E-state index in [0.717, 1.165) is 24.1 Å². The van der Waals surface area contributed by atoms with Crippen LogP contribution in [0, 0.1) is 17.8 Å². The van der Waals surface area contributed by atoms with Crippen molar-refractivity contribution in [3.8, 4) is 0 Å². The Kier molecular flexibility index (Phi) is 4.25. The Morgan fingerprint density at radius 2 is 2.29 bits per heavy atom. The van der Waals surface area contributed by atoms with E-state index in [4.69, 9.17) is 11.6 Å². The standard InChI is InChI=1S/C16H24ClN3O/c1-3-20-9-14(17)15(18-20)10-19(2)16(21)8-13-7-11-4-5-12(13)6-11/h9,11-13H,3-8,10H2,1-2H3. The molecule has 116 valence electrons. The van der Waals surface area contributed by atoms with E-state index in [1.165, 1.54) is 25.7 Å².